The van der Waals surface area contributed by atoms with E-state index in [4.69, 9.17) is 0 Å². The largest absolute Gasteiger partial charge is 0.326 e. The van der Waals surface area contributed by atoms with Crippen molar-refractivity contribution in [2.75, 3.05) is 5.32 Å². The smallest absolute Gasteiger partial charge is 0.270 e. The average molecular weight is 376 g/mol. The number of carbonyl (C=O) groups is 1. The fraction of sp³-hybridized carbons (Fsp3) is 0.100. The van der Waals surface area contributed by atoms with Crippen molar-refractivity contribution in [3.05, 3.63) is 76.2 Å². The second-order valence-corrected chi connectivity index (χ2v) is 6.89. The number of anilines is 1. The molecule has 0 aliphatic rings. The lowest BCUT2D eigenvalue weighted by molar-refractivity contribution is -0.116. The van der Waals surface area contributed by atoms with Crippen LogP contribution >= 0.6 is 11.3 Å². The highest BCUT2D eigenvalue weighted by Crippen LogP contribution is 2.23. The molecule has 7 heteroatoms. The van der Waals surface area contributed by atoms with E-state index >= 15 is 0 Å². The maximum Gasteiger partial charge on any atom is 0.270 e. The summed E-state index contributed by atoms with van der Waals surface area (Å²) in [6.07, 6.45) is 2.23. The Morgan fingerprint density at radius 1 is 1.11 bits per heavy atom. The molecule has 0 saturated carbocycles. The summed E-state index contributed by atoms with van der Waals surface area (Å²) in [7, 11) is 0. The van der Waals surface area contributed by atoms with E-state index in [9.17, 15) is 9.59 Å². The normalized spacial score (nSPS) is 10.8. The minimum absolute atomic E-state index is 0.161. The molecule has 2 aromatic carbocycles. The van der Waals surface area contributed by atoms with E-state index in [2.05, 4.69) is 20.3 Å². The van der Waals surface area contributed by atoms with Crippen LogP contribution in [0.3, 0.4) is 0 Å². The minimum Gasteiger partial charge on any atom is -0.326 e. The maximum absolute atomic E-state index is 12.2. The number of thiazole rings is 1. The highest BCUT2D eigenvalue weighted by Gasteiger charge is 2.09. The molecule has 0 bridgehead atoms. The number of hydrogen-bond donors (Lipinski definition) is 2. The molecule has 4 aromatic rings. The number of aryl methyl sites for hydroxylation is 1. The summed E-state index contributed by atoms with van der Waals surface area (Å²) in [6, 6.07) is 14.9. The maximum atomic E-state index is 12.2. The molecule has 27 heavy (non-hydrogen) atoms. The van der Waals surface area contributed by atoms with Gasteiger partial charge in [0.25, 0.3) is 5.56 Å². The number of nitrogens with zero attached hydrogens (tertiary/aromatic N) is 2. The van der Waals surface area contributed by atoms with Gasteiger partial charge in [0, 0.05) is 35.7 Å². The van der Waals surface area contributed by atoms with Gasteiger partial charge < -0.3 is 10.3 Å². The number of hydrogen-bond acceptors (Lipinski definition) is 5. The molecular weight excluding hydrogens is 360 g/mol. The molecule has 0 radical (unpaired) electrons. The van der Waals surface area contributed by atoms with Crippen LogP contribution in [0, 0.1) is 0 Å². The Kier molecular flexibility index (Phi) is 4.76. The Labute approximate surface area is 158 Å². The number of aromatic amines is 1. The van der Waals surface area contributed by atoms with Gasteiger partial charge >= 0.3 is 0 Å². The van der Waals surface area contributed by atoms with E-state index in [0.717, 1.165) is 10.6 Å². The van der Waals surface area contributed by atoms with Crippen molar-refractivity contribution in [3.8, 4) is 10.6 Å². The summed E-state index contributed by atoms with van der Waals surface area (Å²) in [5.74, 6) is -0.161. The van der Waals surface area contributed by atoms with Crippen LogP contribution in [0.1, 0.15) is 12.1 Å². The van der Waals surface area contributed by atoms with Gasteiger partial charge in [0.1, 0.15) is 10.7 Å². The third-order valence-corrected chi connectivity index (χ3v) is 4.93. The summed E-state index contributed by atoms with van der Waals surface area (Å²) in [4.78, 5) is 35.7. The highest BCUT2D eigenvalue weighted by atomic mass is 32.1. The standard InChI is InChI=1S/C20H16N4O2S/c25-18(22-14-7-5-13(6-8-14)20-21-11-12-27-20)10-9-17-19(26)24-16-4-2-1-3-15(16)23-17/h1-8,11-12H,9-10H2,(H,22,25)(H,24,26). The average Bonchev–Trinajstić information content (AvgIpc) is 3.22. The molecule has 0 fully saturated rings. The summed E-state index contributed by atoms with van der Waals surface area (Å²) < 4.78 is 0. The number of carbonyl (C=O) groups excluding carboxylic acids is 1. The van der Waals surface area contributed by atoms with E-state index in [0.29, 0.717) is 22.4 Å². The summed E-state index contributed by atoms with van der Waals surface area (Å²) in [6.45, 7) is 0. The molecule has 0 aliphatic carbocycles. The molecule has 2 aromatic heterocycles. The van der Waals surface area contributed by atoms with Crippen LogP contribution in [0.4, 0.5) is 5.69 Å². The van der Waals surface area contributed by atoms with Crippen LogP contribution in [0.2, 0.25) is 0 Å². The van der Waals surface area contributed by atoms with Crippen molar-refractivity contribution in [3.63, 3.8) is 0 Å². The predicted octanol–water partition coefficient (Wildman–Crippen LogP) is 3.62. The molecule has 0 unspecified atom stereocenters. The van der Waals surface area contributed by atoms with E-state index in [1.54, 1.807) is 23.6 Å². The van der Waals surface area contributed by atoms with Gasteiger partial charge in [0.15, 0.2) is 0 Å². The molecule has 134 valence electrons. The van der Waals surface area contributed by atoms with Crippen LogP contribution in [0.15, 0.2) is 64.9 Å². The fourth-order valence-corrected chi connectivity index (χ4v) is 3.40. The van der Waals surface area contributed by atoms with Gasteiger partial charge in [0.05, 0.1) is 11.0 Å². The molecule has 0 aliphatic heterocycles. The third kappa shape index (κ3) is 3.93. The number of aromatic nitrogens is 3. The van der Waals surface area contributed by atoms with Gasteiger partial charge in [-0.3, -0.25) is 9.59 Å². The van der Waals surface area contributed by atoms with Crippen LogP contribution in [0.5, 0.6) is 0 Å². The van der Waals surface area contributed by atoms with Gasteiger partial charge in [-0.2, -0.15) is 0 Å². The lowest BCUT2D eigenvalue weighted by atomic mass is 10.2. The third-order valence-electron chi connectivity index (χ3n) is 4.11. The van der Waals surface area contributed by atoms with E-state index < -0.39 is 0 Å². The monoisotopic (exact) mass is 376 g/mol. The molecule has 1 amide bonds. The second kappa shape index (κ2) is 7.51. The van der Waals surface area contributed by atoms with Crippen molar-refractivity contribution in [1.82, 2.24) is 15.0 Å². The van der Waals surface area contributed by atoms with Crippen molar-refractivity contribution in [2.24, 2.45) is 0 Å². The van der Waals surface area contributed by atoms with Gasteiger partial charge in [-0.05, 0) is 36.4 Å². The molecule has 2 heterocycles. The van der Waals surface area contributed by atoms with Crippen LogP contribution < -0.4 is 10.9 Å². The number of fused-ring (bicyclic) bond motifs is 1. The van der Waals surface area contributed by atoms with Gasteiger partial charge in [-0.1, -0.05) is 12.1 Å². The lowest BCUT2D eigenvalue weighted by Gasteiger charge is -2.06. The summed E-state index contributed by atoms with van der Waals surface area (Å²) in [5.41, 5.74) is 3.23. The Balaban J connectivity index is 1.40. The minimum atomic E-state index is -0.255. The van der Waals surface area contributed by atoms with Crippen LogP contribution in [-0.2, 0) is 11.2 Å². The van der Waals surface area contributed by atoms with Crippen molar-refractivity contribution < 1.29 is 4.79 Å². The molecular formula is C20H16N4O2S. The number of nitrogens with one attached hydrogen (secondary N) is 2. The first kappa shape index (κ1) is 17.1. The van der Waals surface area contributed by atoms with E-state index in [1.165, 1.54) is 0 Å². The van der Waals surface area contributed by atoms with Crippen molar-refractivity contribution >= 4 is 34.0 Å². The number of para-hydroxylation sites is 2. The van der Waals surface area contributed by atoms with Crippen LogP contribution in [-0.4, -0.2) is 20.9 Å². The zero-order valence-corrected chi connectivity index (χ0v) is 15.1. The summed E-state index contributed by atoms with van der Waals surface area (Å²) in [5, 5.41) is 5.71. The summed E-state index contributed by atoms with van der Waals surface area (Å²) >= 11 is 1.57. The SMILES string of the molecule is O=C(CCc1nc2ccccc2[nH]c1=O)Nc1ccc(-c2nccs2)cc1. The van der Waals surface area contributed by atoms with Crippen molar-refractivity contribution in [2.45, 2.75) is 12.8 Å². The number of rotatable bonds is 5. The van der Waals surface area contributed by atoms with Gasteiger partial charge in [-0.15, -0.1) is 11.3 Å². The van der Waals surface area contributed by atoms with E-state index in [1.807, 2.05) is 47.8 Å². The first-order chi connectivity index (χ1) is 13.2. The second-order valence-electron chi connectivity index (χ2n) is 5.99. The van der Waals surface area contributed by atoms with Gasteiger partial charge in [-0.25, -0.2) is 9.97 Å². The molecule has 0 saturated heterocycles. The lowest BCUT2D eigenvalue weighted by Crippen LogP contribution is -2.18. The number of H-pyrrole nitrogens is 1. The quantitative estimate of drug-likeness (QED) is 0.557. The Bertz CT molecular complexity index is 1130. The topological polar surface area (TPSA) is 87.7 Å². The van der Waals surface area contributed by atoms with Gasteiger partial charge in [0.2, 0.25) is 5.91 Å². The molecule has 0 atom stereocenters. The first-order valence-corrected chi connectivity index (χ1v) is 9.35. The molecule has 4 rings (SSSR count). The molecule has 0 spiro atoms. The molecule has 2 N–H and O–H groups in total. The van der Waals surface area contributed by atoms with Crippen LogP contribution in [0.25, 0.3) is 21.6 Å². The zero-order valence-electron chi connectivity index (χ0n) is 14.3. The number of amides is 1. The highest BCUT2D eigenvalue weighted by molar-refractivity contribution is 7.13. The first-order valence-electron chi connectivity index (χ1n) is 8.47. The predicted molar refractivity (Wildman–Crippen MR) is 107 cm³/mol. The Morgan fingerprint density at radius 2 is 1.93 bits per heavy atom. The Hall–Kier alpha value is -3.32. The fourth-order valence-electron chi connectivity index (χ4n) is 2.75. The Morgan fingerprint density at radius 3 is 2.70 bits per heavy atom. The zero-order chi connectivity index (χ0) is 18.6. The van der Waals surface area contributed by atoms with Crippen molar-refractivity contribution in [1.29, 1.82) is 0 Å². The number of benzene rings is 2. The molecule has 6 nitrogen and oxygen atoms in total. The van der Waals surface area contributed by atoms with E-state index in [-0.39, 0.29) is 24.3 Å².